The molecule has 0 aromatic rings. The summed E-state index contributed by atoms with van der Waals surface area (Å²) in [6.07, 6.45) is 0. The van der Waals surface area contributed by atoms with E-state index in [1.807, 2.05) is 0 Å². The molecule has 92 valence electrons. The lowest BCUT2D eigenvalue weighted by atomic mass is 10.7. The number of carbonyl (C=O) groups is 2. The van der Waals surface area contributed by atoms with Crippen LogP contribution in [0.2, 0.25) is 0 Å². The number of hydrogen-bond donors (Lipinski definition) is 0. The summed E-state index contributed by atoms with van der Waals surface area (Å²) in [6.45, 7) is 2.73. The van der Waals surface area contributed by atoms with E-state index in [-0.39, 0.29) is 13.2 Å². The zero-order chi connectivity index (χ0) is 12.4. The van der Waals surface area contributed by atoms with Crippen LogP contribution >= 0.6 is 8.25 Å². The van der Waals surface area contributed by atoms with Gasteiger partial charge in [0.1, 0.15) is 0 Å². The standard InChI is InChI=1S/C8H14O7P/c1-3-12-7(9)5-14-16(11)15-6-8(10)13-4-2/h3-6H2,1-2H3/q+1. The summed E-state index contributed by atoms with van der Waals surface area (Å²) in [4.78, 5) is 21.5. The molecule has 0 aliphatic rings. The van der Waals surface area contributed by atoms with Gasteiger partial charge in [-0.25, -0.2) is 9.59 Å². The predicted octanol–water partition coefficient (Wildman–Crippen LogP) is 0.803. The van der Waals surface area contributed by atoms with Gasteiger partial charge < -0.3 is 9.47 Å². The van der Waals surface area contributed by atoms with Crippen LogP contribution in [0.3, 0.4) is 0 Å². The molecule has 0 fully saturated rings. The number of rotatable bonds is 8. The minimum absolute atomic E-state index is 0.211. The third-order valence-corrected chi connectivity index (χ3v) is 1.87. The van der Waals surface area contributed by atoms with Crippen LogP contribution in [0.15, 0.2) is 0 Å². The molecule has 0 radical (unpaired) electrons. The van der Waals surface area contributed by atoms with Crippen molar-refractivity contribution in [3.63, 3.8) is 0 Å². The Morgan fingerprint density at radius 3 is 1.62 bits per heavy atom. The van der Waals surface area contributed by atoms with Crippen LogP contribution in [0.1, 0.15) is 13.8 Å². The quantitative estimate of drug-likeness (QED) is 0.467. The molecule has 0 rings (SSSR count). The number of esters is 2. The van der Waals surface area contributed by atoms with Crippen LogP contribution in [-0.4, -0.2) is 38.4 Å². The van der Waals surface area contributed by atoms with E-state index in [4.69, 9.17) is 0 Å². The van der Waals surface area contributed by atoms with Gasteiger partial charge in [0.15, 0.2) is 0 Å². The van der Waals surface area contributed by atoms with E-state index in [2.05, 4.69) is 18.5 Å². The van der Waals surface area contributed by atoms with Gasteiger partial charge in [0, 0.05) is 4.57 Å². The van der Waals surface area contributed by atoms with Gasteiger partial charge in [-0.05, 0) is 13.8 Å². The van der Waals surface area contributed by atoms with Crippen molar-refractivity contribution < 1.29 is 32.7 Å². The zero-order valence-corrected chi connectivity index (χ0v) is 10.0. The SMILES string of the molecule is CCOC(=O)CO[P+](=O)OCC(=O)OCC. The second kappa shape index (κ2) is 9.21. The fourth-order valence-electron chi connectivity index (χ4n) is 0.653. The minimum Gasteiger partial charge on any atom is -0.464 e. The molecule has 0 spiro atoms. The second-order valence-electron chi connectivity index (χ2n) is 2.38. The zero-order valence-electron chi connectivity index (χ0n) is 9.13. The van der Waals surface area contributed by atoms with Gasteiger partial charge in [-0.2, -0.15) is 0 Å². The lowest BCUT2D eigenvalue weighted by Crippen LogP contribution is -2.12. The second-order valence-corrected chi connectivity index (χ2v) is 3.34. The van der Waals surface area contributed by atoms with Gasteiger partial charge in [-0.15, -0.1) is 9.05 Å². The van der Waals surface area contributed by atoms with Crippen molar-refractivity contribution in [2.75, 3.05) is 26.4 Å². The highest BCUT2D eigenvalue weighted by Gasteiger charge is 2.24. The minimum atomic E-state index is -2.52. The fourth-order valence-corrected chi connectivity index (χ4v) is 1.15. The molecule has 0 saturated carbocycles. The van der Waals surface area contributed by atoms with Crippen molar-refractivity contribution in [2.24, 2.45) is 0 Å². The monoisotopic (exact) mass is 253 g/mol. The molecule has 0 aliphatic carbocycles. The highest BCUT2D eigenvalue weighted by atomic mass is 31.1. The van der Waals surface area contributed by atoms with Crippen molar-refractivity contribution in [3.8, 4) is 0 Å². The average molecular weight is 253 g/mol. The molecule has 8 heteroatoms. The van der Waals surface area contributed by atoms with E-state index in [9.17, 15) is 14.2 Å². The van der Waals surface area contributed by atoms with Crippen LogP contribution in [-0.2, 0) is 32.7 Å². The summed E-state index contributed by atoms with van der Waals surface area (Å²) in [7, 11) is -2.52. The first-order valence-corrected chi connectivity index (χ1v) is 5.74. The molecule has 16 heavy (non-hydrogen) atoms. The van der Waals surface area contributed by atoms with E-state index >= 15 is 0 Å². The molecule has 0 aliphatic heterocycles. The lowest BCUT2D eigenvalue weighted by Gasteiger charge is -1.96. The molecular weight excluding hydrogens is 239 g/mol. The highest BCUT2D eigenvalue weighted by Crippen LogP contribution is 2.22. The number of ether oxygens (including phenoxy) is 2. The van der Waals surface area contributed by atoms with Gasteiger partial charge in [-0.3, -0.25) is 0 Å². The van der Waals surface area contributed by atoms with Crippen LogP contribution in [0.25, 0.3) is 0 Å². The summed E-state index contributed by atoms with van der Waals surface area (Å²) in [5.41, 5.74) is 0. The number of hydrogen-bond acceptors (Lipinski definition) is 7. The molecule has 0 bridgehead atoms. The molecule has 0 saturated heterocycles. The van der Waals surface area contributed by atoms with E-state index in [1.165, 1.54) is 0 Å². The Bertz CT molecular complexity index is 229. The average Bonchev–Trinajstić information content (AvgIpc) is 2.24. The molecular formula is C8H14O7P+. The summed E-state index contributed by atoms with van der Waals surface area (Å²) >= 11 is 0. The number of carbonyl (C=O) groups excluding carboxylic acids is 2. The highest BCUT2D eigenvalue weighted by molar-refractivity contribution is 7.33. The first kappa shape index (κ1) is 15.0. The van der Waals surface area contributed by atoms with Crippen LogP contribution in [0.4, 0.5) is 0 Å². The summed E-state index contributed by atoms with van der Waals surface area (Å²) < 4.78 is 29.0. The van der Waals surface area contributed by atoms with Crippen molar-refractivity contribution in [2.45, 2.75) is 13.8 Å². The van der Waals surface area contributed by atoms with Gasteiger partial charge in [0.25, 0.3) is 0 Å². The van der Waals surface area contributed by atoms with Gasteiger partial charge in [0.05, 0.1) is 13.2 Å². The molecule has 0 heterocycles. The van der Waals surface area contributed by atoms with Crippen molar-refractivity contribution in [1.29, 1.82) is 0 Å². The van der Waals surface area contributed by atoms with Gasteiger partial charge in [0.2, 0.25) is 13.2 Å². The molecule has 0 unspecified atom stereocenters. The van der Waals surface area contributed by atoms with Crippen molar-refractivity contribution in [1.82, 2.24) is 0 Å². The maximum Gasteiger partial charge on any atom is 0.698 e. The lowest BCUT2D eigenvalue weighted by molar-refractivity contribution is -0.146. The summed E-state index contributed by atoms with van der Waals surface area (Å²) in [5.74, 6) is -1.30. The Labute approximate surface area is 93.9 Å². The first-order chi connectivity index (χ1) is 7.60. The predicted molar refractivity (Wildman–Crippen MR) is 52.8 cm³/mol. The van der Waals surface area contributed by atoms with Gasteiger partial charge in [-0.1, -0.05) is 0 Å². The Balaban J connectivity index is 3.59. The summed E-state index contributed by atoms with van der Waals surface area (Å²) in [6, 6.07) is 0. The third-order valence-electron chi connectivity index (χ3n) is 1.19. The van der Waals surface area contributed by atoms with Gasteiger partial charge >= 0.3 is 20.2 Å². The normalized spacial score (nSPS) is 9.62. The molecule has 0 aromatic heterocycles. The Morgan fingerprint density at radius 2 is 1.31 bits per heavy atom. The first-order valence-electron chi connectivity index (χ1n) is 4.64. The van der Waals surface area contributed by atoms with E-state index < -0.39 is 33.4 Å². The Morgan fingerprint density at radius 1 is 0.938 bits per heavy atom. The summed E-state index contributed by atoms with van der Waals surface area (Å²) in [5, 5.41) is 0. The van der Waals surface area contributed by atoms with Crippen molar-refractivity contribution >= 4 is 20.2 Å². The molecule has 0 N–H and O–H groups in total. The van der Waals surface area contributed by atoms with Crippen LogP contribution in [0, 0.1) is 0 Å². The molecule has 0 aromatic carbocycles. The van der Waals surface area contributed by atoms with Crippen molar-refractivity contribution in [3.05, 3.63) is 0 Å². The fraction of sp³-hybridized carbons (Fsp3) is 0.750. The molecule has 0 atom stereocenters. The largest absolute Gasteiger partial charge is 0.698 e. The third kappa shape index (κ3) is 8.28. The maximum absolute atomic E-state index is 10.9. The van der Waals surface area contributed by atoms with E-state index in [0.717, 1.165) is 0 Å². The van der Waals surface area contributed by atoms with Crippen LogP contribution < -0.4 is 0 Å². The maximum atomic E-state index is 10.9. The molecule has 0 amide bonds. The molecule has 7 nitrogen and oxygen atoms in total. The Kier molecular flexibility index (Phi) is 8.61. The topological polar surface area (TPSA) is 88.1 Å². The van der Waals surface area contributed by atoms with Crippen LogP contribution in [0.5, 0.6) is 0 Å². The van der Waals surface area contributed by atoms with E-state index in [1.54, 1.807) is 13.8 Å². The van der Waals surface area contributed by atoms with E-state index in [0.29, 0.717) is 0 Å². The smallest absolute Gasteiger partial charge is 0.464 e. The Hall–Kier alpha value is -1.04.